The number of carbonyl (C=O) groups is 1. The summed E-state index contributed by atoms with van der Waals surface area (Å²) >= 11 is 1.42. The second-order valence-corrected chi connectivity index (χ2v) is 11.7. The minimum Gasteiger partial charge on any atom is -0.325 e. The average molecular weight is 473 g/mol. The van der Waals surface area contributed by atoms with Gasteiger partial charge < -0.3 is 9.88 Å². The zero-order valence-electron chi connectivity index (χ0n) is 19.7. The van der Waals surface area contributed by atoms with E-state index in [1.165, 1.54) is 61.4 Å². The standard InChI is InChI=1S/C28H32N4OS/c1-32-25(14-19-5-3-2-4-6-19)30-31-27(32)34-18-26(33)29-24-9-7-23(8-10-24)28-15-20-11-21(16-28)13-22(12-20)17-28/h2-10,20-22H,11-18H2,1H3,(H,29,33). The molecule has 6 heteroatoms. The molecule has 4 aliphatic rings. The van der Waals surface area contributed by atoms with E-state index < -0.39 is 0 Å². The number of benzene rings is 2. The Morgan fingerprint density at radius 1 is 0.971 bits per heavy atom. The molecule has 7 rings (SSSR count). The van der Waals surface area contributed by atoms with E-state index in [9.17, 15) is 4.79 Å². The van der Waals surface area contributed by atoms with Crippen LogP contribution in [0.2, 0.25) is 0 Å². The van der Waals surface area contributed by atoms with Gasteiger partial charge in [0.2, 0.25) is 5.91 Å². The minimum atomic E-state index is -0.0137. The normalized spacial score (nSPS) is 27.1. The first-order valence-electron chi connectivity index (χ1n) is 12.5. The number of amides is 1. The van der Waals surface area contributed by atoms with Crippen LogP contribution in [-0.2, 0) is 23.7 Å². The lowest BCUT2D eigenvalue weighted by Crippen LogP contribution is -2.48. The van der Waals surface area contributed by atoms with Crippen LogP contribution in [0, 0.1) is 17.8 Å². The number of hydrogen-bond acceptors (Lipinski definition) is 4. The van der Waals surface area contributed by atoms with Gasteiger partial charge in [0, 0.05) is 19.2 Å². The molecule has 3 aromatic rings. The summed E-state index contributed by atoms with van der Waals surface area (Å²) in [6.45, 7) is 0. The van der Waals surface area contributed by atoms with E-state index in [0.717, 1.165) is 40.8 Å². The molecule has 34 heavy (non-hydrogen) atoms. The van der Waals surface area contributed by atoms with Crippen molar-refractivity contribution in [2.75, 3.05) is 11.1 Å². The van der Waals surface area contributed by atoms with Crippen molar-refractivity contribution in [3.8, 4) is 0 Å². The van der Waals surface area contributed by atoms with Crippen molar-refractivity contribution in [1.29, 1.82) is 0 Å². The fraction of sp³-hybridized carbons (Fsp3) is 0.464. The molecule has 5 nitrogen and oxygen atoms in total. The Morgan fingerprint density at radius 2 is 1.62 bits per heavy atom. The van der Waals surface area contributed by atoms with E-state index in [0.29, 0.717) is 11.2 Å². The summed E-state index contributed by atoms with van der Waals surface area (Å²) in [7, 11) is 1.96. The summed E-state index contributed by atoms with van der Waals surface area (Å²) in [5.74, 6) is 4.02. The smallest absolute Gasteiger partial charge is 0.234 e. The molecule has 1 heterocycles. The molecule has 1 aromatic heterocycles. The third-order valence-electron chi connectivity index (χ3n) is 8.28. The maximum Gasteiger partial charge on any atom is 0.234 e. The Morgan fingerprint density at radius 3 is 2.26 bits per heavy atom. The molecule has 2 aromatic carbocycles. The van der Waals surface area contributed by atoms with E-state index in [-0.39, 0.29) is 5.91 Å². The SMILES string of the molecule is Cn1c(Cc2ccccc2)nnc1SCC(=O)Nc1ccc(C23CC4CC(CC(C4)C2)C3)cc1. The number of rotatable bonds is 7. The van der Waals surface area contributed by atoms with Gasteiger partial charge in [0.25, 0.3) is 0 Å². The van der Waals surface area contributed by atoms with Gasteiger partial charge in [-0.2, -0.15) is 0 Å². The van der Waals surface area contributed by atoms with Crippen LogP contribution in [0.15, 0.2) is 59.8 Å². The summed E-state index contributed by atoms with van der Waals surface area (Å²) in [5.41, 5.74) is 3.96. The number of aromatic nitrogens is 3. The van der Waals surface area contributed by atoms with Crippen molar-refractivity contribution in [3.05, 3.63) is 71.5 Å². The highest BCUT2D eigenvalue weighted by Gasteiger charge is 2.51. The highest BCUT2D eigenvalue weighted by Crippen LogP contribution is 2.60. The van der Waals surface area contributed by atoms with E-state index in [4.69, 9.17) is 0 Å². The number of carbonyl (C=O) groups excluding carboxylic acids is 1. The lowest BCUT2D eigenvalue weighted by Gasteiger charge is -2.57. The summed E-state index contributed by atoms with van der Waals surface area (Å²) in [6.07, 6.45) is 9.22. The van der Waals surface area contributed by atoms with E-state index in [2.05, 4.69) is 51.9 Å². The van der Waals surface area contributed by atoms with Gasteiger partial charge in [0.1, 0.15) is 5.82 Å². The second-order valence-electron chi connectivity index (χ2n) is 10.7. The molecule has 176 valence electrons. The quantitative estimate of drug-likeness (QED) is 0.455. The Balaban J connectivity index is 1.05. The third kappa shape index (κ3) is 4.28. The van der Waals surface area contributed by atoms with E-state index in [1.54, 1.807) is 0 Å². The molecule has 0 spiro atoms. The van der Waals surface area contributed by atoms with Crippen LogP contribution in [0.4, 0.5) is 5.69 Å². The lowest BCUT2D eigenvalue weighted by atomic mass is 9.48. The summed E-state index contributed by atoms with van der Waals surface area (Å²) in [6, 6.07) is 19.0. The third-order valence-corrected chi connectivity index (χ3v) is 9.30. The number of hydrogen-bond donors (Lipinski definition) is 1. The fourth-order valence-corrected chi connectivity index (χ4v) is 7.83. The molecular formula is C28H32N4OS. The number of thioether (sulfide) groups is 1. The Kier molecular flexibility index (Phi) is 5.72. The zero-order chi connectivity index (χ0) is 23.1. The van der Waals surface area contributed by atoms with Crippen molar-refractivity contribution in [2.45, 2.75) is 55.5 Å². The van der Waals surface area contributed by atoms with Gasteiger partial charge in [-0.3, -0.25) is 4.79 Å². The first kappa shape index (κ1) is 21.9. The molecule has 1 N–H and O–H groups in total. The molecule has 1 amide bonds. The highest BCUT2D eigenvalue weighted by molar-refractivity contribution is 7.99. The molecule has 0 radical (unpaired) electrons. The Labute approximate surface area is 205 Å². The van der Waals surface area contributed by atoms with Gasteiger partial charge in [0.05, 0.1) is 5.75 Å². The maximum atomic E-state index is 12.6. The molecule has 4 aliphatic carbocycles. The van der Waals surface area contributed by atoms with Crippen molar-refractivity contribution in [3.63, 3.8) is 0 Å². The monoisotopic (exact) mass is 472 g/mol. The van der Waals surface area contributed by atoms with Gasteiger partial charge >= 0.3 is 0 Å². The number of nitrogens with one attached hydrogen (secondary N) is 1. The van der Waals surface area contributed by atoms with Crippen LogP contribution >= 0.6 is 11.8 Å². The van der Waals surface area contributed by atoms with Gasteiger partial charge in [-0.15, -0.1) is 10.2 Å². The number of anilines is 1. The first-order valence-corrected chi connectivity index (χ1v) is 13.5. The summed E-state index contributed by atoms with van der Waals surface area (Å²) in [4.78, 5) is 12.6. The largest absolute Gasteiger partial charge is 0.325 e. The molecule has 4 fully saturated rings. The van der Waals surface area contributed by atoms with Crippen molar-refractivity contribution in [2.24, 2.45) is 24.8 Å². The van der Waals surface area contributed by atoms with Gasteiger partial charge in [-0.25, -0.2) is 0 Å². The molecule has 0 unspecified atom stereocenters. The van der Waals surface area contributed by atoms with Crippen LogP contribution in [0.5, 0.6) is 0 Å². The molecule has 0 aliphatic heterocycles. The van der Waals surface area contributed by atoms with Crippen LogP contribution in [-0.4, -0.2) is 26.4 Å². The predicted octanol–water partition coefficient (Wildman–Crippen LogP) is 5.60. The van der Waals surface area contributed by atoms with Gasteiger partial charge in [0.15, 0.2) is 5.16 Å². The van der Waals surface area contributed by atoms with Crippen LogP contribution in [0.1, 0.15) is 55.5 Å². The van der Waals surface area contributed by atoms with Crippen LogP contribution in [0.25, 0.3) is 0 Å². The van der Waals surface area contributed by atoms with Crippen LogP contribution < -0.4 is 5.32 Å². The van der Waals surface area contributed by atoms with Crippen LogP contribution in [0.3, 0.4) is 0 Å². The van der Waals surface area contributed by atoms with Crippen molar-refractivity contribution < 1.29 is 4.79 Å². The Hall–Kier alpha value is -2.60. The molecule has 4 saturated carbocycles. The van der Waals surface area contributed by atoms with Crippen molar-refractivity contribution in [1.82, 2.24) is 14.8 Å². The van der Waals surface area contributed by atoms with Gasteiger partial charge in [-0.05, 0) is 85.0 Å². The maximum absolute atomic E-state index is 12.6. The topological polar surface area (TPSA) is 59.8 Å². The zero-order valence-corrected chi connectivity index (χ0v) is 20.6. The van der Waals surface area contributed by atoms with E-state index >= 15 is 0 Å². The fourth-order valence-electron chi connectivity index (χ4n) is 7.10. The Bertz CT molecular complexity index is 1140. The molecule has 0 atom stereocenters. The lowest BCUT2D eigenvalue weighted by molar-refractivity contribution is -0.113. The minimum absolute atomic E-state index is 0.0137. The number of nitrogens with zero attached hydrogens (tertiary/aromatic N) is 3. The molecule has 0 saturated heterocycles. The summed E-state index contributed by atoms with van der Waals surface area (Å²) in [5, 5.41) is 12.4. The second kappa shape index (κ2) is 8.88. The van der Waals surface area contributed by atoms with E-state index in [1.807, 2.05) is 29.8 Å². The predicted molar refractivity (Wildman–Crippen MR) is 136 cm³/mol. The first-order chi connectivity index (χ1) is 16.6. The molecular weight excluding hydrogens is 440 g/mol. The van der Waals surface area contributed by atoms with Gasteiger partial charge in [-0.1, -0.05) is 54.2 Å². The average Bonchev–Trinajstić information content (AvgIpc) is 3.17. The van der Waals surface area contributed by atoms with Crippen molar-refractivity contribution >= 4 is 23.4 Å². The molecule has 4 bridgehead atoms. The summed E-state index contributed by atoms with van der Waals surface area (Å²) < 4.78 is 1.98. The highest BCUT2D eigenvalue weighted by atomic mass is 32.2.